The zero-order valence-corrected chi connectivity index (χ0v) is 19.9. The van der Waals surface area contributed by atoms with Crippen molar-refractivity contribution in [1.82, 2.24) is 15.0 Å². The number of hydrazone groups is 1. The lowest BCUT2D eigenvalue weighted by atomic mass is 10.2. The molecule has 176 valence electrons. The van der Waals surface area contributed by atoms with Gasteiger partial charge in [0.15, 0.2) is 0 Å². The predicted octanol–water partition coefficient (Wildman–Crippen LogP) is 5.48. The van der Waals surface area contributed by atoms with Crippen LogP contribution in [0.4, 0.5) is 34.9 Å². The zero-order valence-electron chi connectivity index (χ0n) is 18.3. The number of halogens is 1. The topological polar surface area (TPSA) is 139 Å². The van der Waals surface area contributed by atoms with E-state index in [4.69, 9.17) is 4.74 Å². The summed E-state index contributed by atoms with van der Waals surface area (Å²) < 4.78 is 6.12. The number of hydrogen-bond donors (Lipinski definition) is 3. The van der Waals surface area contributed by atoms with Gasteiger partial charge in [0.2, 0.25) is 17.8 Å². The fraction of sp³-hybridized carbons (Fsp3) is 0.0435. The molecule has 4 rings (SSSR count). The number of nitro groups is 1. The third-order valence-corrected chi connectivity index (χ3v) is 5.04. The van der Waals surface area contributed by atoms with Gasteiger partial charge < -0.3 is 15.4 Å². The number of ether oxygens (including phenoxy) is 1. The van der Waals surface area contributed by atoms with Crippen molar-refractivity contribution < 1.29 is 9.66 Å². The normalized spacial score (nSPS) is 10.7. The summed E-state index contributed by atoms with van der Waals surface area (Å²) >= 11 is 3.43. The summed E-state index contributed by atoms with van der Waals surface area (Å²) in [4.78, 5) is 23.6. The number of aromatic nitrogens is 3. The number of nitrogens with one attached hydrogen (secondary N) is 3. The lowest BCUT2D eigenvalue weighted by Crippen LogP contribution is -2.07. The number of methoxy groups -OCH3 is 1. The van der Waals surface area contributed by atoms with E-state index in [-0.39, 0.29) is 23.5 Å². The summed E-state index contributed by atoms with van der Waals surface area (Å²) in [5.41, 5.74) is 4.98. The van der Waals surface area contributed by atoms with Crippen molar-refractivity contribution in [2.24, 2.45) is 5.10 Å². The Hall–Kier alpha value is -4.58. The van der Waals surface area contributed by atoms with Crippen LogP contribution in [0.3, 0.4) is 0 Å². The maximum atomic E-state index is 10.9. The molecule has 0 unspecified atom stereocenters. The molecule has 12 heteroatoms. The molecule has 0 aliphatic heterocycles. The standard InChI is InChI=1S/C23H19BrN8O3/c1-35-20-11-7-18(8-12-20)27-22-28-21(26-17-5-9-19(10-6-17)32(33)34)29-23(30-22)31-25-14-15-3-2-4-16(24)13-15/h2-14H,1H3,(H3,26,27,28,29,30,31)/b25-14-. The second-order valence-corrected chi connectivity index (χ2v) is 7.93. The Morgan fingerprint density at radius 3 is 2.09 bits per heavy atom. The third-order valence-electron chi connectivity index (χ3n) is 4.54. The second kappa shape index (κ2) is 11.0. The molecule has 11 nitrogen and oxygen atoms in total. The number of anilines is 5. The molecule has 0 bridgehead atoms. The quantitative estimate of drug-likeness (QED) is 0.144. The fourth-order valence-electron chi connectivity index (χ4n) is 2.89. The Morgan fingerprint density at radius 2 is 1.51 bits per heavy atom. The monoisotopic (exact) mass is 534 g/mol. The minimum absolute atomic E-state index is 0.0164. The van der Waals surface area contributed by atoms with Gasteiger partial charge in [-0.2, -0.15) is 20.1 Å². The van der Waals surface area contributed by atoms with Gasteiger partial charge in [-0.05, 0) is 54.1 Å². The summed E-state index contributed by atoms with van der Waals surface area (Å²) in [6.07, 6.45) is 1.63. The molecule has 0 atom stereocenters. The Labute approximate surface area is 208 Å². The van der Waals surface area contributed by atoms with Gasteiger partial charge in [-0.1, -0.05) is 28.1 Å². The van der Waals surface area contributed by atoms with Crippen molar-refractivity contribution >= 4 is 57.1 Å². The van der Waals surface area contributed by atoms with Crippen LogP contribution in [0.15, 0.2) is 82.4 Å². The maximum absolute atomic E-state index is 10.9. The van der Waals surface area contributed by atoms with Gasteiger partial charge in [0.05, 0.1) is 18.2 Å². The molecule has 3 aromatic carbocycles. The molecule has 0 fully saturated rings. The fourth-order valence-corrected chi connectivity index (χ4v) is 3.31. The summed E-state index contributed by atoms with van der Waals surface area (Å²) in [5.74, 6) is 1.38. The highest BCUT2D eigenvalue weighted by Gasteiger charge is 2.09. The van der Waals surface area contributed by atoms with Gasteiger partial charge >= 0.3 is 0 Å². The second-order valence-electron chi connectivity index (χ2n) is 7.01. The van der Waals surface area contributed by atoms with Crippen LogP contribution in [-0.2, 0) is 0 Å². The highest BCUT2D eigenvalue weighted by Crippen LogP contribution is 2.22. The predicted molar refractivity (Wildman–Crippen MR) is 138 cm³/mol. The van der Waals surface area contributed by atoms with Gasteiger partial charge in [-0.3, -0.25) is 10.1 Å². The smallest absolute Gasteiger partial charge is 0.269 e. The molecule has 0 saturated carbocycles. The minimum Gasteiger partial charge on any atom is -0.497 e. The van der Waals surface area contributed by atoms with E-state index < -0.39 is 4.92 Å². The van der Waals surface area contributed by atoms with Crippen molar-refractivity contribution in [3.8, 4) is 5.75 Å². The van der Waals surface area contributed by atoms with Crippen molar-refractivity contribution in [3.05, 3.63) is 92.9 Å². The molecule has 0 saturated heterocycles. The van der Waals surface area contributed by atoms with Crippen molar-refractivity contribution in [2.45, 2.75) is 0 Å². The SMILES string of the molecule is COc1ccc(Nc2nc(N/N=C\c3cccc(Br)c3)nc(Nc3ccc([N+](=O)[O-])cc3)n2)cc1. The van der Waals surface area contributed by atoms with Crippen molar-refractivity contribution in [2.75, 3.05) is 23.2 Å². The van der Waals surface area contributed by atoms with Gasteiger partial charge in [-0.25, -0.2) is 5.43 Å². The van der Waals surface area contributed by atoms with Gasteiger partial charge in [0.1, 0.15) is 5.75 Å². The van der Waals surface area contributed by atoms with Gasteiger partial charge in [0.25, 0.3) is 5.69 Å². The Kier molecular flexibility index (Phi) is 7.43. The number of rotatable bonds is 9. The number of benzene rings is 3. The number of nitrogens with zero attached hydrogens (tertiary/aromatic N) is 5. The maximum Gasteiger partial charge on any atom is 0.269 e. The van der Waals surface area contributed by atoms with Gasteiger partial charge in [-0.15, -0.1) is 0 Å². The molecule has 4 aromatic rings. The summed E-state index contributed by atoms with van der Waals surface area (Å²) in [6, 6.07) is 20.8. The zero-order chi connectivity index (χ0) is 24.6. The van der Waals surface area contributed by atoms with Crippen LogP contribution in [0.25, 0.3) is 0 Å². The molecule has 0 spiro atoms. The first-order chi connectivity index (χ1) is 17.0. The van der Waals surface area contributed by atoms with Crippen molar-refractivity contribution in [1.29, 1.82) is 0 Å². The largest absolute Gasteiger partial charge is 0.497 e. The van der Waals surface area contributed by atoms with E-state index in [1.807, 2.05) is 36.4 Å². The van der Waals surface area contributed by atoms with Crippen molar-refractivity contribution in [3.63, 3.8) is 0 Å². The summed E-state index contributed by atoms with van der Waals surface area (Å²) in [5, 5.41) is 21.3. The van der Waals surface area contributed by atoms with E-state index in [9.17, 15) is 10.1 Å². The average molecular weight is 535 g/mol. The number of nitro benzene ring substituents is 1. The van der Waals surface area contributed by atoms with Crippen LogP contribution >= 0.6 is 15.9 Å². The van der Waals surface area contributed by atoms with Crippen LogP contribution in [0.1, 0.15) is 5.56 Å². The average Bonchev–Trinajstić information content (AvgIpc) is 2.85. The molecule has 0 aliphatic carbocycles. The molecule has 35 heavy (non-hydrogen) atoms. The Bertz CT molecular complexity index is 1350. The van der Waals surface area contributed by atoms with Crippen LogP contribution < -0.4 is 20.8 Å². The number of hydrogen-bond acceptors (Lipinski definition) is 10. The van der Waals surface area contributed by atoms with Gasteiger partial charge in [0, 0.05) is 28.0 Å². The highest BCUT2D eigenvalue weighted by atomic mass is 79.9. The first-order valence-corrected chi connectivity index (χ1v) is 11.0. The van der Waals surface area contributed by atoms with E-state index in [2.05, 4.69) is 52.0 Å². The molecule has 1 aromatic heterocycles. The highest BCUT2D eigenvalue weighted by molar-refractivity contribution is 9.10. The van der Waals surface area contributed by atoms with Crippen LogP contribution in [0, 0.1) is 10.1 Å². The van der Waals surface area contributed by atoms with E-state index >= 15 is 0 Å². The Balaban J connectivity index is 1.58. The van der Waals surface area contributed by atoms with Crippen LogP contribution in [0.5, 0.6) is 5.75 Å². The first-order valence-electron chi connectivity index (χ1n) is 10.2. The van der Waals surface area contributed by atoms with Crippen LogP contribution in [0.2, 0.25) is 0 Å². The van der Waals surface area contributed by atoms with Crippen LogP contribution in [-0.4, -0.2) is 33.2 Å². The van der Waals surface area contributed by atoms with E-state index in [1.54, 1.807) is 37.6 Å². The molecular formula is C23H19BrN8O3. The summed E-state index contributed by atoms with van der Waals surface area (Å²) in [7, 11) is 1.59. The molecule has 0 amide bonds. The first kappa shape index (κ1) is 23.6. The van der Waals surface area contributed by atoms with E-state index in [1.165, 1.54) is 12.1 Å². The Morgan fingerprint density at radius 1 is 0.914 bits per heavy atom. The molecule has 0 aliphatic rings. The van der Waals surface area contributed by atoms with E-state index in [0.29, 0.717) is 5.69 Å². The minimum atomic E-state index is -0.463. The number of non-ortho nitro benzene ring substituents is 1. The third kappa shape index (κ3) is 6.71. The molecular weight excluding hydrogens is 516 g/mol. The van der Waals surface area contributed by atoms with E-state index in [0.717, 1.165) is 21.5 Å². The lowest BCUT2D eigenvalue weighted by molar-refractivity contribution is -0.384. The molecule has 0 radical (unpaired) electrons. The molecule has 3 N–H and O–H groups in total. The summed E-state index contributed by atoms with van der Waals surface area (Å²) in [6.45, 7) is 0. The molecule has 1 heterocycles. The lowest BCUT2D eigenvalue weighted by Gasteiger charge is -2.10.